The van der Waals surface area contributed by atoms with Crippen molar-refractivity contribution in [2.24, 2.45) is 5.10 Å². The SMILES string of the molecule is C=NNC(=O)CC.CC. The van der Waals surface area contributed by atoms with Gasteiger partial charge in [0.25, 0.3) is 0 Å². The third kappa shape index (κ3) is 11.0. The molecule has 0 aromatic rings. The van der Waals surface area contributed by atoms with Crippen LogP contribution in [0.25, 0.3) is 0 Å². The lowest BCUT2D eigenvalue weighted by Crippen LogP contribution is -2.14. The average Bonchev–Trinajstić information content (AvgIpc) is 1.93. The molecule has 0 saturated heterocycles. The highest BCUT2D eigenvalue weighted by molar-refractivity contribution is 5.75. The first-order chi connectivity index (χ1) is 4.31. The minimum Gasteiger partial charge on any atom is -0.273 e. The van der Waals surface area contributed by atoms with Crippen LogP contribution in [0, 0.1) is 0 Å². The van der Waals surface area contributed by atoms with Crippen molar-refractivity contribution in [2.75, 3.05) is 0 Å². The minimum absolute atomic E-state index is 0.102. The molecule has 1 N–H and O–H groups in total. The highest BCUT2D eigenvalue weighted by Gasteiger charge is 1.87. The summed E-state index contributed by atoms with van der Waals surface area (Å²) in [4.78, 5) is 10.2. The molecule has 0 fully saturated rings. The minimum atomic E-state index is -0.102. The topological polar surface area (TPSA) is 41.5 Å². The van der Waals surface area contributed by atoms with Gasteiger partial charge in [-0.1, -0.05) is 20.8 Å². The Morgan fingerprint density at radius 3 is 2.22 bits per heavy atom. The van der Waals surface area contributed by atoms with Gasteiger partial charge in [-0.2, -0.15) is 5.10 Å². The highest BCUT2D eigenvalue weighted by atomic mass is 16.2. The molecule has 1 amide bonds. The average molecular weight is 130 g/mol. The molecule has 3 heteroatoms. The molecule has 0 unspecified atom stereocenters. The zero-order valence-electron chi connectivity index (χ0n) is 6.27. The number of hydrogen-bond acceptors (Lipinski definition) is 2. The fraction of sp³-hybridized carbons (Fsp3) is 0.667. The normalized spacial score (nSPS) is 6.56. The van der Waals surface area contributed by atoms with Crippen LogP contribution in [-0.4, -0.2) is 12.6 Å². The second-order valence-corrected chi connectivity index (χ2v) is 1.05. The summed E-state index contributed by atoms with van der Waals surface area (Å²) in [6.45, 7) is 8.82. The fourth-order valence-corrected chi connectivity index (χ4v) is 0.167. The molecule has 0 aliphatic rings. The predicted octanol–water partition coefficient (Wildman–Crippen LogP) is 1.15. The van der Waals surface area contributed by atoms with Gasteiger partial charge in [-0.05, 0) is 0 Å². The molecule has 0 spiro atoms. The summed E-state index contributed by atoms with van der Waals surface area (Å²) in [5.74, 6) is -0.102. The summed E-state index contributed by atoms with van der Waals surface area (Å²) < 4.78 is 0. The standard InChI is InChI=1S/C4H8N2O.C2H6/c1-3-4(7)6-5-2;1-2/h2-3H2,1H3,(H,6,7);1-2H3. The van der Waals surface area contributed by atoms with Gasteiger partial charge >= 0.3 is 0 Å². The summed E-state index contributed by atoms with van der Waals surface area (Å²) in [5.41, 5.74) is 2.17. The molecular weight excluding hydrogens is 116 g/mol. The summed E-state index contributed by atoms with van der Waals surface area (Å²) in [6, 6.07) is 0. The first-order valence-corrected chi connectivity index (χ1v) is 3.05. The van der Waals surface area contributed by atoms with Gasteiger partial charge in [0.1, 0.15) is 0 Å². The van der Waals surface area contributed by atoms with Gasteiger partial charge in [0.15, 0.2) is 0 Å². The van der Waals surface area contributed by atoms with E-state index in [0.717, 1.165) is 0 Å². The predicted molar refractivity (Wildman–Crippen MR) is 39.3 cm³/mol. The first-order valence-electron chi connectivity index (χ1n) is 3.05. The maximum Gasteiger partial charge on any atom is 0.239 e. The molecule has 0 heterocycles. The Morgan fingerprint density at radius 2 is 2.11 bits per heavy atom. The van der Waals surface area contributed by atoms with Crippen molar-refractivity contribution in [1.82, 2.24) is 5.43 Å². The number of hydrogen-bond donors (Lipinski definition) is 1. The maximum atomic E-state index is 10.2. The maximum absolute atomic E-state index is 10.2. The fourth-order valence-electron chi connectivity index (χ4n) is 0.167. The number of carbonyl (C=O) groups is 1. The van der Waals surface area contributed by atoms with Crippen LogP contribution in [0.15, 0.2) is 5.10 Å². The second-order valence-electron chi connectivity index (χ2n) is 1.05. The third-order valence-corrected chi connectivity index (χ3v) is 0.525. The smallest absolute Gasteiger partial charge is 0.239 e. The number of nitrogens with one attached hydrogen (secondary N) is 1. The van der Waals surface area contributed by atoms with Crippen molar-refractivity contribution in [3.8, 4) is 0 Å². The van der Waals surface area contributed by atoms with E-state index in [1.807, 2.05) is 13.8 Å². The van der Waals surface area contributed by atoms with Crippen LogP contribution in [0.4, 0.5) is 0 Å². The first kappa shape index (κ1) is 11.0. The summed E-state index contributed by atoms with van der Waals surface area (Å²) in [5, 5.41) is 3.16. The van der Waals surface area contributed by atoms with Crippen molar-refractivity contribution < 1.29 is 4.79 Å². The monoisotopic (exact) mass is 130 g/mol. The molecule has 0 aromatic carbocycles. The zero-order valence-corrected chi connectivity index (χ0v) is 6.27. The molecule has 0 rings (SSSR count). The summed E-state index contributed by atoms with van der Waals surface area (Å²) >= 11 is 0. The van der Waals surface area contributed by atoms with E-state index in [1.165, 1.54) is 0 Å². The van der Waals surface area contributed by atoms with E-state index >= 15 is 0 Å². The number of rotatable bonds is 2. The van der Waals surface area contributed by atoms with E-state index in [9.17, 15) is 4.79 Å². The molecule has 0 aliphatic carbocycles. The molecule has 0 bridgehead atoms. The molecule has 3 nitrogen and oxygen atoms in total. The Labute approximate surface area is 56.1 Å². The number of amides is 1. The third-order valence-electron chi connectivity index (χ3n) is 0.525. The highest BCUT2D eigenvalue weighted by Crippen LogP contribution is 1.70. The zero-order chi connectivity index (χ0) is 7.70. The lowest BCUT2D eigenvalue weighted by Gasteiger charge is -1.88. The van der Waals surface area contributed by atoms with Gasteiger partial charge in [0.05, 0.1) is 0 Å². The Bertz CT molecular complexity index is 81.1. The molecule has 0 radical (unpaired) electrons. The Kier molecular flexibility index (Phi) is 12.5. The van der Waals surface area contributed by atoms with Crippen LogP contribution in [0.2, 0.25) is 0 Å². The molecule has 0 saturated carbocycles. The van der Waals surface area contributed by atoms with Gasteiger partial charge in [-0.3, -0.25) is 4.79 Å². The van der Waals surface area contributed by atoms with Gasteiger partial charge < -0.3 is 0 Å². The Balaban J connectivity index is 0. The van der Waals surface area contributed by atoms with E-state index in [4.69, 9.17) is 0 Å². The van der Waals surface area contributed by atoms with Crippen molar-refractivity contribution in [3.05, 3.63) is 0 Å². The van der Waals surface area contributed by atoms with Gasteiger partial charge in [0.2, 0.25) is 5.91 Å². The van der Waals surface area contributed by atoms with Crippen molar-refractivity contribution in [2.45, 2.75) is 27.2 Å². The van der Waals surface area contributed by atoms with Crippen molar-refractivity contribution >= 4 is 12.6 Å². The molecule has 54 valence electrons. The van der Waals surface area contributed by atoms with E-state index in [1.54, 1.807) is 6.92 Å². The Morgan fingerprint density at radius 1 is 1.67 bits per heavy atom. The van der Waals surface area contributed by atoms with Crippen LogP contribution in [0.5, 0.6) is 0 Å². The number of nitrogens with zero attached hydrogens (tertiary/aromatic N) is 1. The molecule has 0 aromatic heterocycles. The van der Waals surface area contributed by atoms with Crippen LogP contribution in [0.3, 0.4) is 0 Å². The Hall–Kier alpha value is -0.860. The van der Waals surface area contributed by atoms with Gasteiger partial charge in [0, 0.05) is 13.1 Å². The molecular formula is C6H14N2O. The molecule has 9 heavy (non-hydrogen) atoms. The van der Waals surface area contributed by atoms with Crippen LogP contribution >= 0.6 is 0 Å². The summed E-state index contributed by atoms with van der Waals surface area (Å²) in [7, 11) is 0. The summed E-state index contributed by atoms with van der Waals surface area (Å²) in [6.07, 6.45) is 0.457. The van der Waals surface area contributed by atoms with Crippen LogP contribution in [0.1, 0.15) is 27.2 Å². The lowest BCUT2D eigenvalue weighted by molar-refractivity contribution is -0.120. The van der Waals surface area contributed by atoms with E-state index in [0.29, 0.717) is 6.42 Å². The second kappa shape index (κ2) is 10.2. The van der Waals surface area contributed by atoms with E-state index < -0.39 is 0 Å². The quantitative estimate of drug-likeness (QED) is 0.442. The van der Waals surface area contributed by atoms with Crippen LogP contribution in [-0.2, 0) is 4.79 Å². The van der Waals surface area contributed by atoms with E-state index in [2.05, 4.69) is 17.2 Å². The number of hydrazone groups is 1. The largest absolute Gasteiger partial charge is 0.273 e. The van der Waals surface area contributed by atoms with Gasteiger partial charge in [-0.15, -0.1) is 0 Å². The van der Waals surface area contributed by atoms with E-state index in [-0.39, 0.29) is 5.91 Å². The van der Waals surface area contributed by atoms with Gasteiger partial charge in [-0.25, -0.2) is 5.43 Å². The number of carbonyl (C=O) groups excluding carboxylic acids is 1. The molecule has 0 atom stereocenters. The lowest BCUT2D eigenvalue weighted by atomic mass is 10.5. The van der Waals surface area contributed by atoms with Crippen molar-refractivity contribution in [3.63, 3.8) is 0 Å². The molecule has 0 aliphatic heterocycles. The van der Waals surface area contributed by atoms with Crippen molar-refractivity contribution in [1.29, 1.82) is 0 Å². The van der Waals surface area contributed by atoms with Crippen LogP contribution < -0.4 is 5.43 Å².